The van der Waals surface area contributed by atoms with E-state index < -0.39 is 5.82 Å². The third-order valence-electron chi connectivity index (χ3n) is 6.24. The second-order valence-electron chi connectivity index (χ2n) is 9.68. The van der Waals surface area contributed by atoms with E-state index in [1.54, 1.807) is 22.9 Å². The SMILES string of the molecule is CCC[C@@H](O)CN(Cc1c(C(C)C)nn(-c2ccccc2)c1Oc1ccccc1F)CC1CC1. The molecule has 1 saturated carbocycles. The highest BCUT2D eigenvalue weighted by Crippen LogP contribution is 2.37. The summed E-state index contributed by atoms with van der Waals surface area (Å²) in [5.74, 6) is 1.14. The van der Waals surface area contributed by atoms with Crippen molar-refractivity contribution in [1.29, 1.82) is 0 Å². The van der Waals surface area contributed by atoms with E-state index in [0.29, 0.717) is 24.9 Å². The quantitative estimate of drug-likeness (QED) is 0.341. The molecule has 5 nitrogen and oxygen atoms in total. The van der Waals surface area contributed by atoms with Gasteiger partial charge in [0.05, 0.1) is 23.0 Å². The van der Waals surface area contributed by atoms with E-state index in [4.69, 9.17) is 9.84 Å². The van der Waals surface area contributed by atoms with Crippen LogP contribution in [0.1, 0.15) is 63.6 Å². The fraction of sp³-hybridized carbons (Fsp3) is 0.464. The Balaban J connectivity index is 1.76. The first-order valence-corrected chi connectivity index (χ1v) is 12.5. The van der Waals surface area contributed by atoms with Crippen LogP contribution in [-0.2, 0) is 6.54 Å². The van der Waals surface area contributed by atoms with Gasteiger partial charge >= 0.3 is 0 Å². The lowest BCUT2D eigenvalue weighted by Crippen LogP contribution is -2.34. The first kappa shape index (κ1) is 24.4. The zero-order valence-corrected chi connectivity index (χ0v) is 20.5. The molecule has 182 valence electrons. The summed E-state index contributed by atoms with van der Waals surface area (Å²) in [6.07, 6.45) is 3.83. The lowest BCUT2D eigenvalue weighted by atomic mass is 10.0. The number of aromatic nitrogens is 2. The van der Waals surface area contributed by atoms with E-state index in [0.717, 1.165) is 36.3 Å². The Bertz CT molecular complexity index is 1060. The summed E-state index contributed by atoms with van der Waals surface area (Å²) in [5.41, 5.74) is 2.74. The first-order valence-electron chi connectivity index (χ1n) is 12.5. The maximum atomic E-state index is 14.6. The average molecular weight is 466 g/mol. The number of aliphatic hydroxyl groups excluding tert-OH is 1. The Kier molecular flexibility index (Phi) is 8.01. The predicted octanol–water partition coefficient (Wildman–Crippen LogP) is 6.30. The van der Waals surface area contributed by atoms with Crippen molar-refractivity contribution in [2.24, 2.45) is 5.92 Å². The predicted molar refractivity (Wildman–Crippen MR) is 133 cm³/mol. The van der Waals surface area contributed by atoms with Crippen LogP contribution in [0.3, 0.4) is 0 Å². The number of benzene rings is 2. The van der Waals surface area contributed by atoms with E-state index >= 15 is 0 Å². The Morgan fingerprint density at radius 1 is 1.12 bits per heavy atom. The molecule has 1 aromatic heterocycles. The Labute approximate surface area is 202 Å². The van der Waals surface area contributed by atoms with Crippen molar-refractivity contribution < 1.29 is 14.2 Å². The number of para-hydroxylation sites is 2. The second kappa shape index (κ2) is 11.2. The fourth-order valence-corrected chi connectivity index (χ4v) is 4.36. The van der Waals surface area contributed by atoms with Crippen molar-refractivity contribution in [1.82, 2.24) is 14.7 Å². The molecule has 0 spiro atoms. The summed E-state index contributed by atoms with van der Waals surface area (Å²) in [4.78, 5) is 2.32. The summed E-state index contributed by atoms with van der Waals surface area (Å²) in [5, 5.41) is 15.5. The Hall–Kier alpha value is -2.70. The molecule has 0 amide bonds. The van der Waals surface area contributed by atoms with Gasteiger partial charge in [-0.15, -0.1) is 0 Å². The lowest BCUT2D eigenvalue weighted by Gasteiger charge is -2.26. The summed E-state index contributed by atoms with van der Waals surface area (Å²) in [7, 11) is 0. The molecule has 0 radical (unpaired) electrons. The van der Waals surface area contributed by atoms with E-state index in [-0.39, 0.29) is 17.8 Å². The molecule has 1 heterocycles. The zero-order valence-electron chi connectivity index (χ0n) is 20.5. The Morgan fingerprint density at radius 3 is 2.47 bits per heavy atom. The average Bonchev–Trinajstić information content (AvgIpc) is 3.56. The van der Waals surface area contributed by atoms with Crippen LogP contribution < -0.4 is 4.74 Å². The summed E-state index contributed by atoms with van der Waals surface area (Å²) < 4.78 is 22.7. The van der Waals surface area contributed by atoms with Gasteiger partial charge in [0, 0.05) is 19.6 Å². The van der Waals surface area contributed by atoms with Crippen LogP contribution in [-0.4, -0.2) is 39.0 Å². The minimum absolute atomic E-state index is 0.159. The number of aliphatic hydroxyl groups is 1. The topological polar surface area (TPSA) is 50.5 Å². The molecular weight excluding hydrogens is 429 g/mol. The normalized spacial score (nSPS) is 14.7. The standard InChI is InChI=1S/C28H36FN3O2/c1-4-10-23(33)18-31(17-21-15-16-21)19-24-27(20(2)3)30-32(22-11-6-5-7-12-22)28(24)34-26-14-9-8-13-25(26)29/h5-9,11-14,20-21,23,33H,4,10,15-19H2,1-3H3/t23-/m1/s1. The monoisotopic (exact) mass is 465 g/mol. The van der Waals surface area contributed by atoms with Gasteiger partial charge in [0.2, 0.25) is 5.88 Å². The van der Waals surface area contributed by atoms with Crippen LogP contribution in [0.4, 0.5) is 4.39 Å². The molecule has 0 saturated heterocycles. The second-order valence-corrected chi connectivity index (χ2v) is 9.68. The maximum absolute atomic E-state index is 14.6. The molecule has 0 unspecified atom stereocenters. The molecule has 4 rings (SSSR count). The molecular formula is C28H36FN3O2. The van der Waals surface area contributed by atoms with Crippen molar-refractivity contribution in [3.05, 3.63) is 71.7 Å². The molecule has 3 aromatic rings. The van der Waals surface area contributed by atoms with Gasteiger partial charge in [-0.1, -0.05) is 57.5 Å². The van der Waals surface area contributed by atoms with E-state index in [9.17, 15) is 9.50 Å². The van der Waals surface area contributed by atoms with Crippen LogP contribution in [0.2, 0.25) is 0 Å². The number of rotatable bonds is 12. The zero-order chi connectivity index (χ0) is 24.1. The van der Waals surface area contributed by atoms with Crippen LogP contribution in [0, 0.1) is 11.7 Å². The highest BCUT2D eigenvalue weighted by Gasteiger charge is 2.29. The van der Waals surface area contributed by atoms with Gasteiger partial charge in [-0.2, -0.15) is 5.10 Å². The third kappa shape index (κ3) is 6.05. The van der Waals surface area contributed by atoms with Gasteiger partial charge in [0.25, 0.3) is 0 Å². The van der Waals surface area contributed by atoms with E-state index in [1.165, 1.54) is 18.9 Å². The number of halogens is 1. The van der Waals surface area contributed by atoms with Crippen LogP contribution in [0.5, 0.6) is 11.6 Å². The minimum atomic E-state index is -0.409. The molecule has 34 heavy (non-hydrogen) atoms. The van der Waals surface area contributed by atoms with Crippen LogP contribution in [0.25, 0.3) is 5.69 Å². The van der Waals surface area contributed by atoms with Crippen molar-refractivity contribution in [2.75, 3.05) is 13.1 Å². The van der Waals surface area contributed by atoms with Gasteiger partial charge in [-0.3, -0.25) is 4.90 Å². The molecule has 1 aliphatic carbocycles. The number of ether oxygens (including phenoxy) is 1. The smallest absolute Gasteiger partial charge is 0.227 e. The van der Waals surface area contributed by atoms with Crippen molar-refractivity contribution in [3.8, 4) is 17.3 Å². The summed E-state index contributed by atoms with van der Waals surface area (Å²) in [6, 6.07) is 16.3. The maximum Gasteiger partial charge on any atom is 0.227 e. The minimum Gasteiger partial charge on any atom is -0.435 e. The molecule has 0 bridgehead atoms. The van der Waals surface area contributed by atoms with Gasteiger partial charge in [-0.05, 0) is 55.4 Å². The number of hydrogen-bond acceptors (Lipinski definition) is 4. The van der Waals surface area contributed by atoms with Crippen molar-refractivity contribution in [3.63, 3.8) is 0 Å². The third-order valence-corrected chi connectivity index (χ3v) is 6.24. The highest BCUT2D eigenvalue weighted by atomic mass is 19.1. The van der Waals surface area contributed by atoms with Gasteiger partial charge in [0.1, 0.15) is 0 Å². The Morgan fingerprint density at radius 2 is 1.82 bits per heavy atom. The molecule has 6 heteroatoms. The van der Waals surface area contributed by atoms with Crippen molar-refractivity contribution in [2.45, 2.75) is 65.0 Å². The molecule has 1 atom stereocenters. The molecule has 1 fully saturated rings. The van der Waals surface area contributed by atoms with Crippen LogP contribution >= 0.6 is 0 Å². The number of nitrogens with zero attached hydrogens (tertiary/aromatic N) is 3. The summed E-state index contributed by atoms with van der Waals surface area (Å²) in [6.45, 7) is 8.47. The molecule has 2 aromatic carbocycles. The van der Waals surface area contributed by atoms with Gasteiger partial charge in [-0.25, -0.2) is 9.07 Å². The van der Waals surface area contributed by atoms with Gasteiger partial charge in [0.15, 0.2) is 11.6 Å². The van der Waals surface area contributed by atoms with Crippen molar-refractivity contribution >= 4 is 0 Å². The number of hydrogen-bond donors (Lipinski definition) is 1. The first-order chi connectivity index (χ1) is 16.5. The highest BCUT2D eigenvalue weighted by molar-refractivity contribution is 5.44. The van der Waals surface area contributed by atoms with Crippen LogP contribution in [0.15, 0.2) is 54.6 Å². The fourth-order valence-electron chi connectivity index (χ4n) is 4.36. The van der Waals surface area contributed by atoms with E-state index in [2.05, 4.69) is 25.7 Å². The lowest BCUT2D eigenvalue weighted by molar-refractivity contribution is 0.0976. The molecule has 1 N–H and O–H groups in total. The molecule has 0 aliphatic heterocycles. The largest absolute Gasteiger partial charge is 0.435 e. The summed E-state index contributed by atoms with van der Waals surface area (Å²) >= 11 is 0. The van der Waals surface area contributed by atoms with Gasteiger partial charge < -0.3 is 9.84 Å². The van der Waals surface area contributed by atoms with E-state index in [1.807, 2.05) is 30.3 Å². The molecule has 1 aliphatic rings.